The van der Waals surface area contributed by atoms with Crippen molar-refractivity contribution in [1.29, 1.82) is 0 Å². The third-order valence-corrected chi connectivity index (χ3v) is 4.98. The van der Waals surface area contributed by atoms with Crippen LogP contribution in [0, 0.1) is 5.41 Å². The van der Waals surface area contributed by atoms with Crippen molar-refractivity contribution in [3.05, 3.63) is 0 Å². The van der Waals surface area contributed by atoms with Crippen LogP contribution in [0.15, 0.2) is 0 Å². The number of urea groups is 1. The minimum absolute atomic E-state index is 0.294. The predicted molar refractivity (Wildman–Crippen MR) is 71.5 cm³/mol. The molecule has 2 amide bonds. The minimum atomic E-state index is 0.294. The fourth-order valence-corrected chi connectivity index (χ4v) is 3.31. The second kappa shape index (κ2) is 4.41. The van der Waals surface area contributed by atoms with Gasteiger partial charge in [0.05, 0.1) is 0 Å². The Kier molecular flexibility index (Phi) is 3.00. The Balaban J connectivity index is 1.52. The van der Waals surface area contributed by atoms with Gasteiger partial charge in [-0.15, -0.1) is 0 Å². The molecular formula is C14H25N3O. The Bertz CT molecular complexity index is 330. The lowest BCUT2D eigenvalue weighted by molar-refractivity contribution is 0.102. The van der Waals surface area contributed by atoms with E-state index in [0.29, 0.717) is 17.5 Å². The van der Waals surface area contributed by atoms with E-state index >= 15 is 0 Å². The zero-order valence-electron chi connectivity index (χ0n) is 11.7. The maximum absolute atomic E-state index is 12.4. The highest BCUT2D eigenvalue weighted by atomic mass is 16.2. The molecule has 2 saturated heterocycles. The second-order valence-corrected chi connectivity index (χ2v) is 6.57. The largest absolute Gasteiger partial charge is 0.324 e. The number of carbonyl (C=O) groups excluding carboxylic acids is 1. The van der Waals surface area contributed by atoms with Gasteiger partial charge in [-0.3, -0.25) is 4.90 Å². The molecule has 1 saturated carbocycles. The lowest BCUT2D eigenvalue weighted by Crippen LogP contribution is -2.53. The number of piperazine rings is 1. The summed E-state index contributed by atoms with van der Waals surface area (Å²) in [4.78, 5) is 19.0. The molecule has 0 unspecified atom stereocenters. The molecule has 1 spiro atoms. The molecule has 0 bridgehead atoms. The van der Waals surface area contributed by atoms with Crippen LogP contribution >= 0.6 is 0 Å². The molecule has 3 fully saturated rings. The summed E-state index contributed by atoms with van der Waals surface area (Å²) in [6.45, 7) is 10.3. The normalized spacial score (nSPS) is 27.3. The topological polar surface area (TPSA) is 26.8 Å². The highest BCUT2D eigenvalue weighted by Crippen LogP contribution is 2.52. The van der Waals surface area contributed by atoms with Gasteiger partial charge in [-0.1, -0.05) is 0 Å². The molecule has 2 aliphatic heterocycles. The summed E-state index contributed by atoms with van der Waals surface area (Å²) in [6, 6.07) is 0.894. The Morgan fingerprint density at radius 1 is 0.944 bits per heavy atom. The van der Waals surface area contributed by atoms with Gasteiger partial charge in [-0.05, 0) is 38.5 Å². The van der Waals surface area contributed by atoms with E-state index in [1.165, 1.54) is 19.3 Å². The predicted octanol–water partition coefficient (Wildman–Crippen LogP) is 1.62. The van der Waals surface area contributed by atoms with Crippen LogP contribution in [0.25, 0.3) is 0 Å². The maximum atomic E-state index is 12.4. The molecule has 0 aromatic heterocycles. The molecule has 4 heteroatoms. The van der Waals surface area contributed by atoms with Crippen molar-refractivity contribution < 1.29 is 4.79 Å². The number of likely N-dealkylation sites (tertiary alicyclic amines) is 1. The molecule has 0 aromatic rings. The summed E-state index contributed by atoms with van der Waals surface area (Å²) in [6.07, 6.45) is 3.93. The van der Waals surface area contributed by atoms with Gasteiger partial charge in [0.2, 0.25) is 0 Å². The van der Waals surface area contributed by atoms with Crippen molar-refractivity contribution in [2.24, 2.45) is 5.41 Å². The zero-order valence-corrected chi connectivity index (χ0v) is 11.7. The van der Waals surface area contributed by atoms with Gasteiger partial charge in [0.15, 0.2) is 0 Å². The Morgan fingerprint density at radius 3 is 2.11 bits per heavy atom. The molecule has 0 N–H and O–H groups in total. The summed E-state index contributed by atoms with van der Waals surface area (Å²) < 4.78 is 0. The summed E-state index contributed by atoms with van der Waals surface area (Å²) >= 11 is 0. The van der Waals surface area contributed by atoms with Crippen LogP contribution in [0.5, 0.6) is 0 Å². The second-order valence-electron chi connectivity index (χ2n) is 6.57. The van der Waals surface area contributed by atoms with E-state index in [1.807, 2.05) is 0 Å². The molecule has 0 aromatic carbocycles. The van der Waals surface area contributed by atoms with Crippen LogP contribution in [0.3, 0.4) is 0 Å². The fraction of sp³-hybridized carbons (Fsp3) is 0.929. The van der Waals surface area contributed by atoms with Crippen LogP contribution in [-0.2, 0) is 0 Å². The van der Waals surface area contributed by atoms with Crippen molar-refractivity contribution >= 4 is 6.03 Å². The first-order chi connectivity index (χ1) is 8.60. The Morgan fingerprint density at radius 2 is 1.61 bits per heavy atom. The maximum Gasteiger partial charge on any atom is 0.320 e. The molecule has 1 aliphatic carbocycles. The highest BCUT2D eigenvalue weighted by Gasteiger charge is 2.49. The van der Waals surface area contributed by atoms with E-state index < -0.39 is 0 Å². The van der Waals surface area contributed by atoms with Gasteiger partial charge in [-0.2, -0.15) is 0 Å². The molecule has 102 valence electrons. The molecule has 0 radical (unpaired) electrons. The lowest BCUT2D eigenvalue weighted by Gasteiger charge is -2.38. The average Bonchev–Trinajstić information content (AvgIpc) is 2.99. The Hall–Kier alpha value is -0.770. The quantitative estimate of drug-likeness (QED) is 0.708. The third-order valence-electron chi connectivity index (χ3n) is 4.98. The molecule has 4 nitrogen and oxygen atoms in total. The third kappa shape index (κ3) is 2.22. The van der Waals surface area contributed by atoms with Crippen molar-refractivity contribution in [3.63, 3.8) is 0 Å². The molecule has 2 heterocycles. The van der Waals surface area contributed by atoms with E-state index in [4.69, 9.17) is 0 Å². The smallest absolute Gasteiger partial charge is 0.320 e. The molecule has 3 rings (SSSR count). The summed E-state index contributed by atoms with van der Waals surface area (Å²) in [5, 5.41) is 0. The van der Waals surface area contributed by atoms with E-state index in [1.54, 1.807) is 0 Å². The summed E-state index contributed by atoms with van der Waals surface area (Å²) in [5.41, 5.74) is 0.551. The lowest BCUT2D eigenvalue weighted by atomic mass is 10.1. The minimum Gasteiger partial charge on any atom is -0.324 e. The van der Waals surface area contributed by atoms with E-state index in [2.05, 4.69) is 28.5 Å². The average molecular weight is 251 g/mol. The highest BCUT2D eigenvalue weighted by molar-refractivity contribution is 5.75. The monoisotopic (exact) mass is 251 g/mol. The number of rotatable bonds is 1. The standard InChI is InChI=1S/C14H25N3O/c1-12(2)15-7-9-16(10-8-15)13(18)17-6-5-14(11-17)3-4-14/h12H,3-11H2,1-2H3. The van der Waals surface area contributed by atoms with Gasteiger partial charge in [0.25, 0.3) is 0 Å². The van der Waals surface area contributed by atoms with Crippen molar-refractivity contribution in [3.8, 4) is 0 Å². The van der Waals surface area contributed by atoms with Gasteiger partial charge in [-0.25, -0.2) is 4.79 Å². The van der Waals surface area contributed by atoms with Crippen LogP contribution in [0.4, 0.5) is 4.79 Å². The number of hydrogen-bond acceptors (Lipinski definition) is 2. The first kappa shape index (κ1) is 12.3. The van der Waals surface area contributed by atoms with E-state index in [-0.39, 0.29) is 0 Å². The van der Waals surface area contributed by atoms with Gasteiger partial charge in [0.1, 0.15) is 0 Å². The van der Waals surface area contributed by atoms with Gasteiger partial charge >= 0.3 is 6.03 Å². The number of hydrogen-bond donors (Lipinski definition) is 0. The van der Waals surface area contributed by atoms with Crippen LogP contribution < -0.4 is 0 Å². The molecule has 18 heavy (non-hydrogen) atoms. The molecular weight excluding hydrogens is 226 g/mol. The van der Waals surface area contributed by atoms with Crippen LogP contribution in [0.1, 0.15) is 33.1 Å². The van der Waals surface area contributed by atoms with Crippen LogP contribution in [0.2, 0.25) is 0 Å². The van der Waals surface area contributed by atoms with E-state index in [9.17, 15) is 4.79 Å². The fourth-order valence-electron chi connectivity index (χ4n) is 3.31. The number of carbonyl (C=O) groups is 1. The van der Waals surface area contributed by atoms with E-state index in [0.717, 1.165) is 39.3 Å². The first-order valence-corrected chi connectivity index (χ1v) is 7.38. The van der Waals surface area contributed by atoms with Crippen molar-refractivity contribution in [2.75, 3.05) is 39.3 Å². The van der Waals surface area contributed by atoms with Gasteiger partial charge < -0.3 is 9.80 Å². The zero-order chi connectivity index (χ0) is 12.8. The van der Waals surface area contributed by atoms with Crippen molar-refractivity contribution in [1.82, 2.24) is 14.7 Å². The number of amides is 2. The summed E-state index contributed by atoms with van der Waals surface area (Å²) in [7, 11) is 0. The number of nitrogens with zero attached hydrogens (tertiary/aromatic N) is 3. The summed E-state index contributed by atoms with van der Waals surface area (Å²) in [5.74, 6) is 0. The van der Waals surface area contributed by atoms with Gasteiger partial charge in [0, 0.05) is 45.3 Å². The first-order valence-electron chi connectivity index (χ1n) is 7.38. The van der Waals surface area contributed by atoms with Crippen molar-refractivity contribution in [2.45, 2.75) is 39.2 Å². The SMILES string of the molecule is CC(C)N1CCN(C(=O)N2CCC3(CC3)C2)CC1. The van der Waals surface area contributed by atoms with Crippen LogP contribution in [-0.4, -0.2) is 66.0 Å². The molecule has 0 atom stereocenters. The molecule has 3 aliphatic rings. The Labute approximate surface area is 110 Å².